The van der Waals surface area contributed by atoms with E-state index >= 15 is 0 Å². The fourth-order valence-corrected chi connectivity index (χ4v) is 8.23. The number of hydrogen-bond acceptors (Lipinski definition) is 8. The average Bonchev–Trinajstić information content (AvgIpc) is 3.91. The Morgan fingerprint density at radius 3 is 1.85 bits per heavy atom. The minimum atomic E-state index is -0.910. The number of hydrogen-bond donors (Lipinski definition) is 2. The molecule has 0 spiro atoms. The molecule has 3 aromatic carbocycles. The van der Waals surface area contributed by atoms with Crippen molar-refractivity contribution in [2.24, 2.45) is 17.8 Å². The van der Waals surface area contributed by atoms with Gasteiger partial charge in [0.2, 0.25) is 36.3 Å². The van der Waals surface area contributed by atoms with Gasteiger partial charge in [0.1, 0.15) is 24.2 Å². The molecule has 2 heterocycles. The van der Waals surface area contributed by atoms with E-state index in [0.717, 1.165) is 16.7 Å². The van der Waals surface area contributed by atoms with E-state index in [-0.39, 0.29) is 60.6 Å². The fourth-order valence-electron chi connectivity index (χ4n) is 8.23. The van der Waals surface area contributed by atoms with E-state index in [2.05, 4.69) is 15.5 Å². The summed E-state index contributed by atoms with van der Waals surface area (Å²) in [7, 11) is 3.18. The molecule has 5 amide bonds. The van der Waals surface area contributed by atoms with Gasteiger partial charge in [-0.3, -0.25) is 28.9 Å². The second-order valence-electron chi connectivity index (χ2n) is 17.2. The largest absolute Gasteiger partial charge is 0.454 e. The second kappa shape index (κ2) is 20.7. The molecule has 0 saturated carbocycles. The number of carbonyl (C=O) groups is 5. The molecule has 0 bridgehead atoms. The highest BCUT2D eigenvalue weighted by molar-refractivity contribution is 5.96. The zero-order chi connectivity index (χ0) is 43.7. The first kappa shape index (κ1) is 45.7. The van der Waals surface area contributed by atoms with Crippen LogP contribution in [0.15, 0.2) is 78.9 Å². The van der Waals surface area contributed by atoms with Crippen LogP contribution in [0.5, 0.6) is 11.5 Å². The van der Waals surface area contributed by atoms with E-state index in [1.807, 2.05) is 114 Å². The van der Waals surface area contributed by atoms with Crippen molar-refractivity contribution in [1.82, 2.24) is 30.2 Å². The molecule has 0 radical (unpaired) electrons. The Morgan fingerprint density at radius 2 is 1.28 bits per heavy atom. The molecule has 0 aliphatic carbocycles. The lowest BCUT2D eigenvalue weighted by molar-refractivity contribution is -0.153. The van der Waals surface area contributed by atoms with E-state index in [9.17, 15) is 24.0 Å². The lowest BCUT2D eigenvalue weighted by Gasteiger charge is -2.39. The summed E-state index contributed by atoms with van der Waals surface area (Å²) in [6.45, 7) is 15.0. The summed E-state index contributed by atoms with van der Waals surface area (Å²) >= 11 is 0. The minimum absolute atomic E-state index is 0.0883. The molecule has 1 fully saturated rings. The van der Waals surface area contributed by atoms with E-state index in [1.54, 1.807) is 32.0 Å². The molecule has 324 valence electrons. The van der Waals surface area contributed by atoms with Crippen molar-refractivity contribution in [3.63, 3.8) is 0 Å². The normalized spacial score (nSPS) is 16.8. The van der Waals surface area contributed by atoms with Gasteiger partial charge in [-0.05, 0) is 66.3 Å². The number of amides is 5. The van der Waals surface area contributed by atoms with E-state index < -0.39 is 30.2 Å². The number of carbonyl (C=O) groups excluding carboxylic acids is 5. The summed E-state index contributed by atoms with van der Waals surface area (Å²) in [6, 6.07) is 21.5. The first-order chi connectivity index (χ1) is 28.6. The molecule has 0 aromatic heterocycles. The van der Waals surface area contributed by atoms with Crippen LogP contribution in [0.4, 0.5) is 0 Å². The third-order valence-electron chi connectivity index (χ3n) is 11.7. The highest BCUT2D eigenvalue weighted by Crippen LogP contribution is 2.32. The van der Waals surface area contributed by atoms with Gasteiger partial charge in [0.15, 0.2) is 11.5 Å². The van der Waals surface area contributed by atoms with E-state index in [0.29, 0.717) is 44.0 Å². The summed E-state index contributed by atoms with van der Waals surface area (Å²) in [4.78, 5) is 77.3. The molecule has 2 aliphatic heterocycles. The number of likely N-dealkylation sites (N-methyl/N-ethyl adjacent to an activating group) is 2. The molecule has 2 aliphatic rings. The lowest BCUT2D eigenvalue weighted by Crippen LogP contribution is -2.61. The van der Waals surface area contributed by atoms with Gasteiger partial charge in [-0.2, -0.15) is 0 Å². The molecule has 13 nitrogen and oxygen atoms in total. The maximum Gasteiger partial charge on any atom is 0.246 e. The third-order valence-corrected chi connectivity index (χ3v) is 11.7. The Balaban J connectivity index is 1.27. The first-order valence-electron chi connectivity index (χ1n) is 21.2. The number of ether oxygens (including phenoxy) is 2. The van der Waals surface area contributed by atoms with Crippen molar-refractivity contribution in [1.29, 1.82) is 0 Å². The van der Waals surface area contributed by atoms with Crippen molar-refractivity contribution < 1.29 is 33.4 Å². The van der Waals surface area contributed by atoms with Gasteiger partial charge in [0.25, 0.3) is 0 Å². The van der Waals surface area contributed by atoms with Crippen molar-refractivity contribution in [2.75, 3.05) is 27.4 Å². The quantitative estimate of drug-likeness (QED) is 0.178. The molecule has 0 unspecified atom stereocenters. The van der Waals surface area contributed by atoms with E-state index in [4.69, 9.17) is 9.47 Å². The Morgan fingerprint density at radius 1 is 0.700 bits per heavy atom. The maximum absolute atomic E-state index is 14.5. The Labute approximate surface area is 355 Å². The summed E-state index contributed by atoms with van der Waals surface area (Å²) < 4.78 is 10.8. The number of nitrogens with zero attached hydrogens (tertiary/aromatic N) is 4. The number of rotatable bonds is 18. The predicted molar refractivity (Wildman–Crippen MR) is 230 cm³/mol. The van der Waals surface area contributed by atoms with Crippen LogP contribution in [-0.2, 0) is 43.6 Å². The third kappa shape index (κ3) is 11.0. The van der Waals surface area contributed by atoms with Gasteiger partial charge in [-0.1, -0.05) is 108 Å². The second-order valence-corrected chi connectivity index (χ2v) is 17.2. The van der Waals surface area contributed by atoms with Crippen LogP contribution in [0.3, 0.4) is 0 Å². The van der Waals surface area contributed by atoms with Crippen LogP contribution in [0.25, 0.3) is 0 Å². The van der Waals surface area contributed by atoms with E-state index in [1.165, 1.54) is 9.80 Å². The number of likely N-dealkylation sites (tertiary alicyclic amines) is 1. The molecule has 60 heavy (non-hydrogen) atoms. The van der Waals surface area contributed by atoms with Crippen molar-refractivity contribution >= 4 is 29.5 Å². The monoisotopic (exact) mass is 824 g/mol. The van der Waals surface area contributed by atoms with Gasteiger partial charge < -0.3 is 34.8 Å². The Kier molecular flexibility index (Phi) is 15.7. The van der Waals surface area contributed by atoms with Gasteiger partial charge in [-0.15, -0.1) is 0 Å². The SMILES string of the molecule is CC(C)[C@H](NC(=O)[C@H](C(C)C)N(Cc1ccccc1)Cc1ccccc1)C(=O)N(C)[C@H](C(=O)N1CCC[C@H]1C(=O)N(C)[C@@H](C)C(=O)NCc1ccc2c(c1)OCO2)C(C)C. The molecule has 5 rings (SSSR count). The van der Waals surface area contributed by atoms with Gasteiger partial charge in [-0.25, -0.2) is 0 Å². The summed E-state index contributed by atoms with van der Waals surface area (Å²) in [5.74, 6) is -1.07. The molecular formula is C47H64N6O7. The molecule has 1 saturated heterocycles. The topological polar surface area (TPSA) is 141 Å². The average molecular weight is 825 g/mol. The van der Waals surface area contributed by atoms with Crippen LogP contribution in [0.2, 0.25) is 0 Å². The van der Waals surface area contributed by atoms with Crippen LogP contribution >= 0.6 is 0 Å². The van der Waals surface area contributed by atoms with Crippen LogP contribution in [-0.4, -0.2) is 107 Å². The smallest absolute Gasteiger partial charge is 0.246 e. The summed E-state index contributed by atoms with van der Waals surface area (Å²) in [6.07, 6.45) is 1.04. The number of nitrogens with one attached hydrogen (secondary N) is 2. The molecule has 13 heteroatoms. The van der Waals surface area contributed by atoms with Crippen molar-refractivity contribution in [2.45, 2.75) is 111 Å². The Hall–Kier alpha value is -5.43. The summed E-state index contributed by atoms with van der Waals surface area (Å²) in [5, 5.41) is 6.02. The van der Waals surface area contributed by atoms with Crippen LogP contribution in [0, 0.1) is 17.8 Å². The zero-order valence-electron chi connectivity index (χ0n) is 36.7. The molecule has 3 aromatic rings. The standard InChI is InChI=1S/C47H64N6O7/c1-30(2)40(49-44(55)41(31(3)4)52(27-34-17-12-10-13-18-34)28-35-19-14-11-15-20-35)46(57)51(9)42(32(5)6)47(58)53-24-16-21-37(53)45(56)50(8)33(7)43(54)48-26-36-22-23-38-39(25-36)60-29-59-38/h10-15,17-20,22-23,25,30-33,37,40-42H,16,21,24,26-29H2,1-9H3,(H,48,54)(H,49,55)/t33-,37-,40-,41-,42-/m0/s1. The summed E-state index contributed by atoms with van der Waals surface area (Å²) in [5.41, 5.74) is 2.97. The highest BCUT2D eigenvalue weighted by Gasteiger charge is 2.44. The van der Waals surface area contributed by atoms with Gasteiger partial charge in [0, 0.05) is 40.3 Å². The maximum atomic E-state index is 14.5. The van der Waals surface area contributed by atoms with Crippen molar-refractivity contribution in [3.05, 3.63) is 95.6 Å². The molecular weight excluding hydrogens is 761 g/mol. The lowest BCUT2D eigenvalue weighted by atomic mass is 9.95. The minimum Gasteiger partial charge on any atom is -0.454 e. The number of benzene rings is 3. The Bertz CT molecular complexity index is 1900. The number of fused-ring (bicyclic) bond motifs is 1. The highest BCUT2D eigenvalue weighted by atomic mass is 16.7. The molecule has 2 N–H and O–H groups in total. The van der Waals surface area contributed by atoms with Gasteiger partial charge >= 0.3 is 0 Å². The fraction of sp³-hybridized carbons (Fsp3) is 0.511. The van der Waals surface area contributed by atoms with Crippen LogP contribution < -0.4 is 20.1 Å². The zero-order valence-corrected chi connectivity index (χ0v) is 36.7. The predicted octanol–water partition coefficient (Wildman–Crippen LogP) is 5.22. The first-order valence-corrected chi connectivity index (χ1v) is 21.2. The molecule has 5 atom stereocenters. The van der Waals surface area contributed by atoms with Crippen LogP contribution in [0.1, 0.15) is 78.0 Å². The van der Waals surface area contributed by atoms with Crippen molar-refractivity contribution in [3.8, 4) is 11.5 Å². The van der Waals surface area contributed by atoms with Gasteiger partial charge in [0.05, 0.1) is 6.04 Å².